The number of halogens is 2. The molecule has 1 N–H and O–H groups in total. The molecule has 0 amide bonds. The number of methoxy groups -OCH3 is 2. The van der Waals surface area contributed by atoms with E-state index in [1.807, 2.05) is 0 Å². The van der Waals surface area contributed by atoms with Crippen molar-refractivity contribution in [1.82, 2.24) is 9.97 Å². The molecule has 2 aromatic carbocycles. The van der Waals surface area contributed by atoms with E-state index >= 15 is 0 Å². The molecule has 5 nitrogen and oxygen atoms in total. The van der Waals surface area contributed by atoms with E-state index in [2.05, 4.69) is 31.2 Å². The number of hydrogen-bond donors (Lipinski definition) is 1. The molecule has 0 saturated heterocycles. The highest BCUT2D eigenvalue weighted by molar-refractivity contribution is 9.10. The van der Waals surface area contributed by atoms with Crippen molar-refractivity contribution in [2.45, 2.75) is 0 Å². The molecule has 0 bridgehead atoms. The molecule has 0 spiro atoms. The Kier molecular flexibility index (Phi) is 4.29. The molecule has 0 atom stereocenters. The number of hydrogen-bond acceptors (Lipinski definition) is 5. The maximum Gasteiger partial charge on any atom is 0.227 e. The van der Waals surface area contributed by atoms with Crippen LogP contribution in [0.4, 0.5) is 16.0 Å². The summed E-state index contributed by atoms with van der Waals surface area (Å²) in [6, 6.07) is 8.26. The Morgan fingerprint density at radius 2 is 1.83 bits per heavy atom. The van der Waals surface area contributed by atoms with Gasteiger partial charge in [0.2, 0.25) is 5.95 Å². The van der Waals surface area contributed by atoms with E-state index in [0.717, 1.165) is 5.39 Å². The third-order valence-electron chi connectivity index (χ3n) is 3.26. The lowest BCUT2D eigenvalue weighted by Gasteiger charge is -2.10. The van der Waals surface area contributed by atoms with Crippen molar-refractivity contribution in [2.75, 3.05) is 19.5 Å². The standard InChI is InChI=1S/C16H13BrFN3O2/c1-22-14-5-9-8-19-16(21-13(9)7-15(14)23-2)20-12-4-3-10(17)6-11(12)18/h3-8H,1-2H3,(H,19,20,21). The average molecular weight is 378 g/mol. The van der Waals surface area contributed by atoms with Gasteiger partial charge in [0.05, 0.1) is 25.4 Å². The third kappa shape index (κ3) is 3.19. The molecule has 0 radical (unpaired) electrons. The lowest BCUT2D eigenvalue weighted by atomic mass is 10.2. The molecule has 3 aromatic rings. The van der Waals surface area contributed by atoms with E-state index in [1.165, 1.54) is 6.07 Å². The topological polar surface area (TPSA) is 56.3 Å². The molecular formula is C16H13BrFN3O2. The van der Waals surface area contributed by atoms with Crippen molar-refractivity contribution < 1.29 is 13.9 Å². The molecule has 0 saturated carbocycles. The number of ether oxygens (including phenoxy) is 2. The van der Waals surface area contributed by atoms with Crippen LogP contribution in [0.1, 0.15) is 0 Å². The molecule has 3 rings (SSSR count). The summed E-state index contributed by atoms with van der Waals surface area (Å²) in [7, 11) is 3.12. The minimum atomic E-state index is -0.393. The molecule has 0 aliphatic rings. The van der Waals surface area contributed by atoms with Gasteiger partial charge in [0.25, 0.3) is 0 Å². The molecule has 1 heterocycles. The molecule has 1 aromatic heterocycles. The van der Waals surface area contributed by atoms with Crippen molar-refractivity contribution in [3.05, 3.63) is 46.8 Å². The lowest BCUT2D eigenvalue weighted by Crippen LogP contribution is -2.00. The molecule has 7 heteroatoms. The fraction of sp³-hybridized carbons (Fsp3) is 0.125. The predicted octanol–water partition coefficient (Wildman–Crippen LogP) is 4.29. The second kappa shape index (κ2) is 6.37. The zero-order valence-electron chi connectivity index (χ0n) is 12.4. The van der Waals surface area contributed by atoms with Crippen LogP contribution >= 0.6 is 15.9 Å². The number of nitrogens with zero attached hydrogens (tertiary/aromatic N) is 2. The summed E-state index contributed by atoms with van der Waals surface area (Å²) in [5.74, 6) is 1.07. The zero-order valence-corrected chi connectivity index (χ0v) is 14.0. The number of anilines is 2. The van der Waals surface area contributed by atoms with Crippen molar-refractivity contribution in [2.24, 2.45) is 0 Å². The summed E-state index contributed by atoms with van der Waals surface area (Å²) in [4.78, 5) is 8.58. The van der Waals surface area contributed by atoms with Gasteiger partial charge in [0, 0.05) is 22.1 Å². The second-order valence-electron chi connectivity index (χ2n) is 4.71. The zero-order chi connectivity index (χ0) is 16.4. The summed E-state index contributed by atoms with van der Waals surface area (Å²) in [6.07, 6.45) is 1.64. The molecule has 0 aliphatic carbocycles. The van der Waals surface area contributed by atoms with E-state index in [1.54, 1.807) is 44.7 Å². The summed E-state index contributed by atoms with van der Waals surface area (Å²) in [6.45, 7) is 0. The van der Waals surface area contributed by atoms with E-state index in [0.29, 0.717) is 33.1 Å². The van der Waals surface area contributed by atoms with Crippen molar-refractivity contribution in [1.29, 1.82) is 0 Å². The average Bonchev–Trinajstić information content (AvgIpc) is 2.56. The Labute approximate surface area is 140 Å². The SMILES string of the molecule is COc1cc2cnc(Nc3ccc(Br)cc3F)nc2cc1OC. The third-order valence-corrected chi connectivity index (χ3v) is 3.76. The highest BCUT2D eigenvalue weighted by Crippen LogP contribution is 2.31. The highest BCUT2D eigenvalue weighted by atomic mass is 79.9. The van der Waals surface area contributed by atoms with Gasteiger partial charge < -0.3 is 14.8 Å². The monoisotopic (exact) mass is 377 g/mol. The number of fused-ring (bicyclic) bond motifs is 1. The quantitative estimate of drug-likeness (QED) is 0.734. The van der Waals surface area contributed by atoms with Gasteiger partial charge in [-0.3, -0.25) is 0 Å². The van der Waals surface area contributed by atoms with Crippen molar-refractivity contribution in [3.8, 4) is 11.5 Å². The van der Waals surface area contributed by atoms with Gasteiger partial charge >= 0.3 is 0 Å². The normalized spacial score (nSPS) is 10.6. The Hall–Kier alpha value is -2.41. The van der Waals surface area contributed by atoms with Gasteiger partial charge in [-0.25, -0.2) is 14.4 Å². The predicted molar refractivity (Wildman–Crippen MR) is 90.0 cm³/mol. The highest BCUT2D eigenvalue weighted by Gasteiger charge is 2.09. The number of benzene rings is 2. The molecular weight excluding hydrogens is 365 g/mol. The van der Waals surface area contributed by atoms with Crippen LogP contribution in [0.3, 0.4) is 0 Å². The van der Waals surface area contributed by atoms with E-state index in [4.69, 9.17) is 9.47 Å². The van der Waals surface area contributed by atoms with Crippen LogP contribution in [0.2, 0.25) is 0 Å². The van der Waals surface area contributed by atoms with Crippen LogP contribution in [0.25, 0.3) is 10.9 Å². The largest absolute Gasteiger partial charge is 0.493 e. The van der Waals surface area contributed by atoms with Crippen LogP contribution < -0.4 is 14.8 Å². The first-order chi connectivity index (χ1) is 11.1. The summed E-state index contributed by atoms with van der Waals surface area (Å²) >= 11 is 3.22. The number of nitrogens with one attached hydrogen (secondary N) is 1. The summed E-state index contributed by atoms with van der Waals surface area (Å²) < 4.78 is 25.1. The first-order valence-electron chi connectivity index (χ1n) is 6.71. The number of rotatable bonds is 4. The Balaban J connectivity index is 1.99. The van der Waals surface area contributed by atoms with Crippen LogP contribution in [0.5, 0.6) is 11.5 Å². The summed E-state index contributed by atoms with van der Waals surface area (Å²) in [5.41, 5.74) is 0.964. The Morgan fingerprint density at radius 3 is 2.52 bits per heavy atom. The second-order valence-corrected chi connectivity index (χ2v) is 5.62. The van der Waals surface area contributed by atoms with E-state index in [9.17, 15) is 4.39 Å². The van der Waals surface area contributed by atoms with Crippen LogP contribution in [0, 0.1) is 5.82 Å². The van der Waals surface area contributed by atoms with Crippen molar-refractivity contribution >= 4 is 38.5 Å². The first kappa shape index (κ1) is 15.5. The molecule has 0 aliphatic heterocycles. The maximum absolute atomic E-state index is 13.9. The first-order valence-corrected chi connectivity index (χ1v) is 7.51. The van der Waals surface area contributed by atoms with Gasteiger partial charge in [0.1, 0.15) is 5.82 Å². The van der Waals surface area contributed by atoms with Gasteiger partial charge in [-0.15, -0.1) is 0 Å². The van der Waals surface area contributed by atoms with E-state index < -0.39 is 5.82 Å². The molecule has 23 heavy (non-hydrogen) atoms. The Morgan fingerprint density at radius 1 is 1.09 bits per heavy atom. The Bertz CT molecular complexity index is 873. The van der Waals surface area contributed by atoms with Gasteiger partial charge in [-0.1, -0.05) is 15.9 Å². The van der Waals surface area contributed by atoms with Crippen molar-refractivity contribution in [3.63, 3.8) is 0 Å². The summed E-state index contributed by atoms with van der Waals surface area (Å²) in [5, 5.41) is 3.66. The fourth-order valence-electron chi connectivity index (χ4n) is 2.13. The maximum atomic E-state index is 13.9. The number of aromatic nitrogens is 2. The minimum Gasteiger partial charge on any atom is -0.493 e. The minimum absolute atomic E-state index is 0.297. The molecule has 0 fully saturated rings. The fourth-order valence-corrected chi connectivity index (χ4v) is 2.46. The van der Waals surface area contributed by atoms with Gasteiger partial charge in [-0.05, 0) is 24.3 Å². The van der Waals surface area contributed by atoms with Crippen LogP contribution in [-0.4, -0.2) is 24.2 Å². The van der Waals surface area contributed by atoms with Gasteiger partial charge in [0.15, 0.2) is 11.5 Å². The van der Waals surface area contributed by atoms with Crippen LogP contribution in [0.15, 0.2) is 41.0 Å². The molecule has 118 valence electrons. The molecule has 0 unspecified atom stereocenters. The smallest absolute Gasteiger partial charge is 0.227 e. The van der Waals surface area contributed by atoms with Gasteiger partial charge in [-0.2, -0.15) is 0 Å². The lowest BCUT2D eigenvalue weighted by molar-refractivity contribution is 0.356. The van der Waals surface area contributed by atoms with Crippen LogP contribution in [-0.2, 0) is 0 Å². The van der Waals surface area contributed by atoms with E-state index in [-0.39, 0.29) is 0 Å².